The molecule has 1 saturated heterocycles. The fourth-order valence-electron chi connectivity index (χ4n) is 2.68. The van der Waals surface area contributed by atoms with Crippen LogP contribution in [-0.2, 0) is 16.4 Å². The van der Waals surface area contributed by atoms with Crippen molar-refractivity contribution in [3.63, 3.8) is 0 Å². The van der Waals surface area contributed by atoms with Crippen LogP contribution in [0.15, 0.2) is 18.2 Å². The SMILES string of the molecule is CNCc1cc(C)ccc1N1CCS(=O)(=O)CC1C. The second kappa shape index (κ2) is 5.51. The number of hydrogen-bond acceptors (Lipinski definition) is 4. The summed E-state index contributed by atoms with van der Waals surface area (Å²) in [5, 5.41) is 3.18. The molecule has 1 aromatic rings. The Labute approximate surface area is 115 Å². The Balaban J connectivity index is 2.31. The van der Waals surface area contributed by atoms with E-state index in [1.807, 2.05) is 14.0 Å². The highest BCUT2D eigenvalue weighted by Crippen LogP contribution is 2.26. The van der Waals surface area contributed by atoms with Crippen LogP contribution in [0.5, 0.6) is 0 Å². The molecule has 1 aliphatic heterocycles. The molecule has 0 aromatic heterocycles. The fraction of sp³-hybridized carbons (Fsp3) is 0.571. The third-order valence-electron chi connectivity index (χ3n) is 3.58. The van der Waals surface area contributed by atoms with Crippen molar-refractivity contribution in [3.05, 3.63) is 29.3 Å². The second-order valence-corrected chi connectivity index (χ2v) is 7.55. The predicted octanol–water partition coefficient (Wildman–Crippen LogP) is 1.34. The Hall–Kier alpha value is -1.07. The van der Waals surface area contributed by atoms with E-state index >= 15 is 0 Å². The topological polar surface area (TPSA) is 49.4 Å². The molecule has 1 N–H and O–H groups in total. The lowest BCUT2D eigenvalue weighted by atomic mass is 10.1. The number of hydrogen-bond donors (Lipinski definition) is 1. The van der Waals surface area contributed by atoms with Crippen LogP contribution in [0.1, 0.15) is 18.1 Å². The summed E-state index contributed by atoms with van der Waals surface area (Å²) in [6, 6.07) is 6.40. The van der Waals surface area contributed by atoms with E-state index in [0.717, 1.165) is 12.2 Å². The first-order chi connectivity index (χ1) is 8.93. The van der Waals surface area contributed by atoms with Crippen LogP contribution in [0.3, 0.4) is 0 Å². The van der Waals surface area contributed by atoms with Crippen LogP contribution in [0.25, 0.3) is 0 Å². The largest absolute Gasteiger partial charge is 0.367 e. The molecule has 0 radical (unpaired) electrons. The molecule has 0 spiro atoms. The number of nitrogens with one attached hydrogen (secondary N) is 1. The third-order valence-corrected chi connectivity index (χ3v) is 5.38. The first-order valence-electron chi connectivity index (χ1n) is 6.64. The van der Waals surface area contributed by atoms with Crippen LogP contribution in [0.4, 0.5) is 5.69 Å². The molecule has 1 atom stereocenters. The van der Waals surface area contributed by atoms with Crippen molar-refractivity contribution < 1.29 is 8.42 Å². The van der Waals surface area contributed by atoms with Crippen molar-refractivity contribution in [3.8, 4) is 0 Å². The van der Waals surface area contributed by atoms with Gasteiger partial charge in [-0.15, -0.1) is 0 Å². The van der Waals surface area contributed by atoms with E-state index in [4.69, 9.17) is 0 Å². The summed E-state index contributed by atoms with van der Waals surface area (Å²) >= 11 is 0. The Bertz CT molecular complexity index is 555. The van der Waals surface area contributed by atoms with E-state index in [-0.39, 0.29) is 17.5 Å². The van der Waals surface area contributed by atoms with Gasteiger partial charge in [-0.1, -0.05) is 17.7 Å². The van der Waals surface area contributed by atoms with Gasteiger partial charge in [0.15, 0.2) is 9.84 Å². The molecule has 1 fully saturated rings. The minimum Gasteiger partial charge on any atom is -0.367 e. The van der Waals surface area contributed by atoms with Gasteiger partial charge >= 0.3 is 0 Å². The van der Waals surface area contributed by atoms with Crippen LogP contribution < -0.4 is 10.2 Å². The van der Waals surface area contributed by atoms with Gasteiger partial charge < -0.3 is 10.2 Å². The highest BCUT2D eigenvalue weighted by atomic mass is 32.2. The molecule has 5 heteroatoms. The summed E-state index contributed by atoms with van der Waals surface area (Å²) in [5.41, 5.74) is 3.61. The standard InChI is InChI=1S/C14H22N2O2S/c1-11-4-5-14(13(8-11)9-15-3)16-6-7-19(17,18)10-12(16)2/h4-5,8,12,15H,6-7,9-10H2,1-3H3. The molecule has 19 heavy (non-hydrogen) atoms. The molecule has 0 saturated carbocycles. The van der Waals surface area contributed by atoms with Gasteiger partial charge in [-0.3, -0.25) is 0 Å². The Kier molecular flexibility index (Phi) is 4.16. The number of nitrogens with zero attached hydrogens (tertiary/aromatic N) is 1. The lowest BCUT2D eigenvalue weighted by molar-refractivity contribution is 0.567. The zero-order valence-corrected chi connectivity index (χ0v) is 12.6. The molecule has 0 bridgehead atoms. The van der Waals surface area contributed by atoms with Gasteiger partial charge in [0.1, 0.15) is 0 Å². The summed E-state index contributed by atoms with van der Waals surface area (Å²) < 4.78 is 23.3. The van der Waals surface area contributed by atoms with Crippen molar-refractivity contribution in [2.45, 2.75) is 26.4 Å². The average molecular weight is 282 g/mol. The van der Waals surface area contributed by atoms with Crippen molar-refractivity contribution in [2.75, 3.05) is 30.0 Å². The number of sulfone groups is 1. The van der Waals surface area contributed by atoms with Gasteiger partial charge in [-0.25, -0.2) is 8.42 Å². The van der Waals surface area contributed by atoms with E-state index in [2.05, 4.69) is 35.3 Å². The molecule has 1 unspecified atom stereocenters. The van der Waals surface area contributed by atoms with E-state index in [1.54, 1.807) is 0 Å². The summed E-state index contributed by atoms with van der Waals surface area (Å²) in [6.45, 7) is 5.45. The maximum atomic E-state index is 11.7. The first kappa shape index (κ1) is 14.3. The molecule has 4 nitrogen and oxygen atoms in total. The Morgan fingerprint density at radius 1 is 1.42 bits per heavy atom. The molecular weight excluding hydrogens is 260 g/mol. The molecular formula is C14H22N2O2S. The molecule has 1 aromatic carbocycles. The van der Waals surface area contributed by atoms with E-state index in [0.29, 0.717) is 6.54 Å². The monoisotopic (exact) mass is 282 g/mol. The number of aryl methyl sites for hydroxylation is 1. The van der Waals surface area contributed by atoms with Gasteiger partial charge in [0, 0.05) is 24.8 Å². The summed E-state index contributed by atoms with van der Waals surface area (Å²) in [5.74, 6) is 0.504. The molecule has 2 rings (SSSR count). The maximum absolute atomic E-state index is 11.7. The highest BCUT2D eigenvalue weighted by Gasteiger charge is 2.29. The number of benzene rings is 1. The minimum atomic E-state index is -2.86. The van der Waals surface area contributed by atoms with E-state index < -0.39 is 9.84 Å². The van der Waals surface area contributed by atoms with Crippen LogP contribution in [0.2, 0.25) is 0 Å². The Morgan fingerprint density at radius 3 is 2.79 bits per heavy atom. The van der Waals surface area contributed by atoms with Crippen molar-refractivity contribution in [1.82, 2.24) is 5.32 Å². The molecule has 0 amide bonds. The van der Waals surface area contributed by atoms with Gasteiger partial charge in [-0.2, -0.15) is 0 Å². The summed E-state index contributed by atoms with van der Waals surface area (Å²) in [6.07, 6.45) is 0. The van der Waals surface area contributed by atoms with E-state index in [1.165, 1.54) is 11.1 Å². The predicted molar refractivity (Wildman–Crippen MR) is 79.4 cm³/mol. The zero-order chi connectivity index (χ0) is 14.0. The van der Waals surface area contributed by atoms with Crippen LogP contribution >= 0.6 is 0 Å². The third kappa shape index (κ3) is 3.28. The summed E-state index contributed by atoms with van der Waals surface area (Å²) in [7, 11) is -0.937. The van der Waals surface area contributed by atoms with Gasteiger partial charge in [0.05, 0.1) is 11.5 Å². The normalized spacial score (nSPS) is 22.5. The first-order valence-corrected chi connectivity index (χ1v) is 8.46. The zero-order valence-electron chi connectivity index (χ0n) is 11.8. The molecule has 0 aliphatic carbocycles. The van der Waals surface area contributed by atoms with Crippen molar-refractivity contribution >= 4 is 15.5 Å². The number of rotatable bonds is 3. The Morgan fingerprint density at radius 2 is 2.16 bits per heavy atom. The van der Waals surface area contributed by atoms with Crippen LogP contribution in [-0.4, -0.2) is 39.6 Å². The van der Waals surface area contributed by atoms with E-state index in [9.17, 15) is 8.42 Å². The lowest BCUT2D eigenvalue weighted by Crippen LogP contribution is -2.47. The fourth-order valence-corrected chi connectivity index (χ4v) is 4.24. The van der Waals surface area contributed by atoms with Gasteiger partial charge in [-0.05, 0) is 32.5 Å². The van der Waals surface area contributed by atoms with Gasteiger partial charge in [0.2, 0.25) is 0 Å². The van der Waals surface area contributed by atoms with Crippen molar-refractivity contribution in [1.29, 1.82) is 0 Å². The lowest BCUT2D eigenvalue weighted by Gasteiger charge is -2.36. The molecule has 1 heterocycles. The molecule has 106 valence electrons. The highest BCUT2D eigenvalue weighted by molar-refractivity contribution is 7.91. The maximum Gasteiger partial charge on any atom is 0.154 e. The number of anilines is 1. The van der Waals surface area contributed by atoms with Gasteiger partial charge in [0.25, 0.3) is 0 Å². The second-order valence-electron chi connectivity index (χ2n) is 5.32. The summed E-state index contributed by atoms with van der Waals surface area (Å²) in [4.78, 5) is 2.22. The van der Waals surface area contributed by atoms with Crippen LogP contribution in [0, 0.1) is 6.92 Å². The smallest absolute Gasteiger partial charge is 0.154 e. The molecule has 1 aliphatic rings. The van der Waals surface area contributed by atoms with Crippen molar-refractivity contribution in [2.24, 2.45) is 0 Å². The minimum absolute atomic E-state index is 0.0389. The quantitative estimate of drug-likeness (QED) is 0.909. The average Bonchev–Trinajstić information content (AvgIpc) is 2.30.